The summed E-state index contributed by atoms with van der Waals surface area (Å²) in [5.74, 6) is -2.68. The molecule has 0 saturated carbocycles. The quantitative estimate of drug-likeness (QED) is 0.337. The molecule has 0 fully saturated rings. The van der Waals surface area contributed by atoms with Crippen molar-refractivity contribution in [2.24, 2.45) is 0 Å². The van der Waals surface area contributed by atoms with Gasteiger partial charge in [-0.05, 0) is 13.8 Å². The SMILES string of the molecule is COC(=O)/C=C(C(=O)OC)\C(C(C)=O)=C(\C)O. The number of ketones is 1. The number of ether oxygens (including phenoxy) is 2. The van der Waals surface area contributed by atoms with Crippen LogP contribution in [0.1, 0.15) is 13.8 Å². The lowest BCUT2D eigenvalue weighted by Crippen LogP contribution is -2.15. The number of Topliss-reactive ketones (excluding diaryl/α,β-unsaturated/α-hetero) is 1. The number of hydrogen-bond acceptors (Lipinski definition) is 6. The number of esters is 2. The third-order valence-corrected chi connectivity index (χ3v) is 1.85. The summed E-state index contributed by atoms with van der Waals surface area (Å²) in [5, 5.41) is 9.34. The van der Waals surface area contributed by atoms with E-state index in [1.807, 2.05) is 0 Å². The van der Waals surface area contributed by atoms with E-state index in [0.29, 0.717) is 0 Å². The fourth-order valence-corrected chi connectivity index (χ4v) is 1.16. The van der Waals surface area contributed by atoms with E-state index in [1.165, 1.54) is 6.92 Å². The zero-order valence-electron chi connectivity index (χ0n) is 10.1. The number of allylic oxidation sites excluding steroid dienone is 1. The van der Waals surface area contributed by atoms with Gasteiger partial charge in [0.2, 0.25) is 0 Å². The van der Waals surface area contributed by atoms with E-state index in [-0.39, 0.29) is 16.9 Å². The summed E-state index contributed by atoms with van der Waals surface area (Å²) in [6.45, 7) is 2.38. The van der Waals surface area contributed by atoms with Crippen molar-refractivity contribution in [3.63, 3.8) is 0 Å². The molecule has 0 unspecified atom stereocenters. The highest BCUT2D eigenvalue weighted by molar-refractivity contribution is 6.11. The van der Waals surface area contributed by atoms with Crippen molar-refractivity contribution in [1.82, 2.24) is 0 Å². The largest absolute Gasteiger partial charge is 0.512 e. The number of aliphatic hydroxyl groups excluding tert-OH is 1. The van der Waals surface area contributed by atoms with Crippen LogP contribution in [0.15, 0.2) is 23.0 Å². The van der Waals surface area contributed by atoms with E-state index >= 15 is 0 Å². The summed E-state index contributed by atoms with van der Waals surface area (Å²) < 4.78 is 8.77. The Balaban J connectivity index is 5.71. The highest BCUT2D eigenvalue weighted by atomic mass is 16.5. The Kier molecular flexibility index (Phi) is 5.66. The van der Waals surface area contributed by atoms with E-state index < -0.39 is 17.7 Å². The van der Waals surface area contributed by atoms with Crippen molar-refractivity contribution in [2.45, 2.75) is 13.8 Å². The first-order chi connectivity index (χ1) is 7.84. The minimum Gasteiger partial charge on any atom is -0.512 e. The van der Waals surface area contributed by atoms with Gasteiger partial charge in [0.25, 0.3) is 0 Å². The van der Waals surface area contributed by atoms with Gasteiger partial charge in [-0.1, -0.05) is 0 Å². The van der Waals surface area contributed by atoms with Crippen LogP contribution in [0.4, 0.5) is 0 Å². The number of rotatable bonds is 4. The van der Waals surface area contributed by atoms with Crippen LogP contribution < -0.4 is 0 Å². The molecule has 0 aromatic carbocycles. The molecule has 0 aromatic rings. The molecule has 6 nitrogen and oxygen atoms in total. The predicted octanol–water partition coefficient (Wildman–Crippen LogP) is 0.680. The summed E-state index contributed by atoms with van der Waals surface area (Å²) in [6, 6.07) is 0. The van der Waals surface area contributed by atoms with Crippen molar-refractivity contribution < 1.29 is 29.0 Å². The lowest BCUT2D eigenvalue weighted by molar-refractivity contribution is -0.138. The molecule has 0 aromatic heterocycles. The molecule has 0 rings (SSSR count). The summed E-state index contributed by atoms with van der Waals surface area (Å²) >= 11 is 0. The van der Waals surface area contributed by atoms with Gasteiger partial charge in [-0.2, -0.15) is 0 Å². The van der Waals surface area contributed by atoms with Gasteiger partial charge in [0, 0.05) is 6.08 Å². The van der Waals surface area contributed by atoms with Crippen LogP contribution in [0.5, 0.6) is 0 Å². The average Bonchev–Trinajstić information content (AvgIpc) is 2.25. The highest BCUT2D eigenvalue weighted by Gasteiger charge is 2.22. The topological polar surface area (TPSA) is 89.9 Å². The van der Waals surface area contributed by atoms with Gasteiger partial charge in [-0.25, -0.2) is 9.59 Å². The first-order valence-electron chi connectivity index (χ1n) is 4.64. The van der Waals surface area contributed by atoms with E-state index in [4.69, 9.17) is 0 Å². The summed E-state index contributed by atoms with van der Waals surface area (Å²) in [4.78, 5) is 33.8. The molecule has 94 valence electrons. The molecule has 0 aliphatic rings. The highest BCUT2D eigenvalue weighted by Crippen LogP contribution is 2.16. The van der Waals surface area contributed by atoms with Crippen LogP contribution in [0.2, 0.25) is 0 Å². The lowest BCUT2D eigenvalue weighted by atomic mass is 10.0. The zero-order chi connectivity index (χ0) is 13.6. The third kappa shape index (κ3) is 4.10. The van der Waals surface area contributed by atoms with Crippen molar-refractivity contribution in [1.29, 1.82) is 0 Å². The lowest BCUT2D eigenvalue weighted by Gasteiger charge is -2.08. The Bertz CT molecular complexity index is 398. The molecule has 0 saturated heterocycles. The summed E-state index contributed by atoms with van der Waals surface area (Å²) in [5.41, 5.74) is -0.617. The maximum absolute atomic E-state index is 11.4. The Morgan fingerprint density at radius 3 is 1.88 bits per heavy atom. The van der Waals surface area contributed by atoms with Crippen molar-refractivity contribution in [3.05, 3.63) is 23.0 Å². The maximum atomic E-state index is 11.4. The fourth-order valence-electron chi connectivity index (χ4n) is 1.16. The molecule has 0 amide bonds. The number of hydrogen-bond donors (Lipinski definition) is 1. The van der Waals surface area contributed by atoms with Gasteiger partial charge in [0.15, 0.2) is 5.78 Å². The number of methoxy groups -OCH3 is 2. The molecule has 0 atom stereocenters. The van der Waals surface area contributed by atoms with Crippen LogP contribution in [-0.2, 0) is 23.9 Å². The molecule has 0 aliphatic carbocycles. The number of aliphatic hydroxyl groups is 1. The molecule has 0 bridgehead atoms. The van der Waals surface area contributed by atoms with Gasteiger partial charge in [0.05, 0.1) is 25.4 Å². The molecule has 0 spiro atoms. The van der Waals surface area contributed by atoms with Crippen molar-refractivity contribution in [2.75, 3.05) is 14.2 Å². The van der Waals surface area contributed by atoms with E-state index in [9.17, 15) is 19.5 Å². The monoisotopic (exact) mass is 242 g/mol. The molecule has 17 heavy (non-hydrogen) atoms. The number of carbonyl (C=O) groups excluding carboxylic acids is 3. The molecule has 6 heteroatoms. The second-order valence-electron chi connectivity index (χ2n) is 3.09. The van der Waals surface area contributed by atoms with Crippen molar-refractivity contribution >= 4 is 17.7 Å². The minimum atomic E-state index is -0.908. The van der Waals surface area contributed by atoms with Gasteiger partial charge < -0.3 is 14.6 Å². The van der Waals surface area contributed by atoms with Crippen LogP contribution in [0, 0.1) is 0 Å². The standard InChI is InChI=1S/C11H14O6/c1-6(12)10(7(2)13)8(11(15)17-4)5-9(14)16-3/h5,12H,1-4H3/b8-5+,10-6-. The second-order valence-corrected chi connectivity index (χ2v) is 3.09. The molecule has 1 N–H and O–H groups in total. The van der Waals surface area contributed by atoms with Gasteiger partial charge in [0.1, 0.15) is 5.76 Å². The Hall–Kier alpha value is -2.11. The smallest absolute Gasteiger partial charge is 0.338 e. The molecular formula is C11H14O6. The Morgan fingerprint density at radius 1 is 1.06 bits per heavy atom. The van der Waals surface area contributed by atoms with Crippen LogP contribution in [0.25, 0.3) is 0 Å². The normalized spacial score (nSPS) is 12.6. The van der Waals surface area contributed by atoms with Crippen LogP contribution in [0.3, 0.4) is 0 Å². The maximum Gasteiger partial charge on any atom is 0.338 e. The molecule has 0 radical (unpaired) electrons. The fraction of sp³-hybridized carbons (Fsp3) is 0.364. The first kappa shape index (κ1) is 14.9. The molecule has 0 heterocycles. The van der Waals surface area contributed by atoms with Crippen molar-refractivity contribution in [3.8, 4) is 0 Å². The third-order valence-electron chi connectivity index (χ3n) is 1.85. The van der Waals surface area contributed by atoms with Gasteiger partial charge in [-0.15, -0.1) is 0 Å². The molecular weight excluding hydrogens is 228 g/mol. The van der Waals surface area contributed by atoms with E-state index in [1.54, 1.807) is 0 Å². The van der Waals surface area contributed by atoms with Crippen LogP contribution in [-0.4, -0.2) is 37.0 Å². The van der Waals surface area contributed by atoms with E-state index in [0.717, 1.165) is 27.2 Å². The minimum absolute atomic E-state index is 0.276. The summed E-state index contributed by atoms with van der Waals surface area (Å²) in [6.07, 6.45) is 0.794. The van der Waals surface area contributed by atoms with Gasteiger partial charge >= 0.3 is 11.9 Å². The van der Waals surface area contributed by atoms with Gasteiger partial charge in [-0.3, -0.25) is 4.79 Å². The first-order valence-corrected chi connectivity index (χ1v) is 4.64. The Morgan fingerprint density at radius 2 is 1.59 bits per heavy atom. The Labute approximate surface area is 98.5 Å². The van der Waals surface area contributed by atoms with E-state index in [2.05, 4.69) is 9.47 Å². The van der Waals surface area contributed by atoms with Crippen LogP contribution >= 0.6 is 0 Å². The average molecular weight is 242 g/mol. The predicted molar refractivity (Wildman–Crippen MR) is 58.1 cm³/mol. The second kappa shape index (κ2) is 6.47. The number of carbonyl (C=O) groups is 3. The molecule has 0 aliphatic heterocycles. The summed E-state index contributed by atoms with van der Waals surface area (Å²) in [7, 11) is 2.22. The zero-order valence-corrected chi connectivity index (χ0v) is 10.1.